The lowest BCUT2D eigenvalue weighted by atomic mass is 10.1. The van der Waals surface area contributed by atoms with E-state index in [4.69, 9.17) is 0 Å². The Labute approximate surface area is 189 Å². The van der Waals surface area contributed by atoms with Crippen LogP contribution in [0.5, 0.6) is 0 Å². The number of fused-ring (bicyclic) bond motifs is 1. The topological polar surface area (TPSA) is 125 Å². The second-order valence-corrected chi connectivity index (χ2v) is 7.45. The van der Waals surface area contributed by atoms with Gasteiger partial charge in [-0.1, -0.05) is 6.07 Å². The molecule has 0 atom stereocenters. The van der Waals surface area contributed by atoms with Crippen LogP contribution >= 0.6 is 0 Å². The number of rotatable bonds is 7. The minimum absolute atomic E-state index is 0.176. The Balaban J connectivity index is 1.50. The Morgan fingerprint density at radius 1 is 1.09 bits per heavy atom. The molecule has 33 heavy (non-hydrogen) atoms. The molecule has 4 rings (SSSR count). The molecule has 0 fully saturated rings. The van der Waals surface area contributed by atoms with Gasteiger partial charge in [-0.2, -0.15) is 0 Å². The fourth-order valence-corrected chi connectivity index (χ4v) is 3.46. The maximum atomic E-state index is 13.2. The quantitative estimate of drug-likeness (QED) is 0.286. The van der Waals surface area contributed by atoms with E-state index < -0.39 is 16.8 Å². The predicted molar refractivity (Wildman–Crippen MR) is 121 cm³/mol. The van der Waals surface area contributed by atoms with Crippen molar-refractivity contribution in [1.29, 1.82) is 0 Å². The molecule has 11 heteroatoms. The molecule has 10 nitrogen and oxygen atoms in total. The van der Waals surface area contributed by atoms with Crippen LogP contribution in [0, 0.1) is 15.9 Å². The number of carbonyl (C=O) groups is 1. The van der Waals surface area contributed by atoms with E-state index in [9.17, 15) is 19.3 Å². The van der Waals surface area contributed by atoms with Crippen molar-refractivity contribution in [2.45, 2.75) is 13.1 Å². The van der Waals surface area contributed by atoms with Gasteiger partial charge in [0.15, 0.2) is 0 Å². The number of carbonyl (C=O) groups excluding carboxylic acids is 1. The smallest absolute Gasteiger partial charge is 0.323 e. The first-order valence-electron chi connectivity index (χ1n) is 10.3. The molecule has 3 aromatic rings. The molecule has 0 radical (unpaired) electrons. The molecule has 2 aromatic heterocycles. The predicted octanol–water partition coefficient (Wildman–Crippen LogP) is 3.37. The number of urea groups is 1. The van der Waals surface area contributed by atoms with Crippen LogP contribution in [0.25, 0.3) is 11.3 Å². The Kier molecular flexibility index (Phi) is 6.41. The standard InChI is InChI=1S/C22H22FN7O3/c1-24-10-11-25-20-9-4-15-12-29(13-18(15)26-20)22(31)28-21-19(30(32)33)8-7-17(27-21)14-2-5-16(23)6-3-14/h2-9,24H,10-13H2,1H3,(H,25,26)(H,27,28,31). The molecule has 170 valence electrons. The van der Waals surface area contributed by atoms with Crippen molar-refractivity contribution in [3.63, 3.8) is 0 Å². The number of hydrogen-bond acceptors (Lipinski definition) is 7. The van der Waals surface area contributed by atoms with E-state index in [1.165, 1.54) is 41.3 Å². The van der Waals surface area contributed by atoms with Crippen molar-refractivity contribution in [3.8, 4) is 11.3 Å². The molecule has 0 saturated carbocycles. The van der Waals surface area contributed by atoms with Gasteiger partial charge in [0, 0.05) is 31.3 Å². The van der Waals surface area contributed by atoms with Crippen molar-refractivity contribution in [3.05, 3.63) is 75.7 Å². The van der Waals surface area contributed by atoms with Crippen molar-refractivity contribution in [2.75, 3.05) is 30.8 Å². The third-order valence-corrected chi connectivity index (χ3v) is 5.17. The summed E-state index contributed by atoms with van der Waals surface area (Å²) < 4.78 is 13.2. The fourth-order valence-electron chi connectivity index (χ4n) is 3.46. The number of likely N-dealkylation sites (N-methyl/N-ethyl adjacent to an activating group) is 1. The number of pyridine rings is 2. The Hall–Kier alpha value is -4.12. The van der Waals surface area contributed by atoms with E-state index in [0.29, 0.717) is 24.3 Å². The molecule has 1 aromatic carbocycles. The number of nitro groups is 1. The van der Waals surface area contributed by atoms with Crippen LogP contribution in [-0.2, 0) is 13.1 Å². The van der Waals surface area contributed by atoms with E-state index in [1.807, 2.05) is 19.2 Å². The molecule has 0 spiro atoms. The number of nitrogens with zero attached hydrogens (tertiary/aromatic N) is 4. The average molecular weight is 451 g/mol. The number of aromatic nitrogens is 2. The van der Waals surface area contributed by atoms with E-state index >= 15 is 0 Å². The third-order valence-electron chi connectivity index (χ3n) is 5.17. The lowest BCUT2D eigenvalue weighted by molar-refractivity contribution is -0.384. The zero-order chi connectivity index (χ0) is 23.4. The zero-order valence-electron chi connectivity index (χ0n) is 17.8. The van der Waals surface area contributed by atoms with Crippen LogP contribution in [0.3, 0.4) is 0 Å². The molecule has 1 aliphatic heterocycles. The monoisotopic (exact) mass is 451 g/mol. The van der Waals surface area contributed by atoms with Gasteiger partial charge in [0.05, 0.1) is 22.9 Å². The minimum atomic E-state index is -0.611. The summed E-state index contributed by atoms with van der Waals surface area (Å²) in [6.45, 7) is 2.10. The van der Waals surface area contributed by atoms with E-state index in [-0.39, 0.29) is 18.1 Å². The molecule has 3 N–H and O–H groups in total. The third kappa shape index (κ3) is 5.04. The number of nitrogens with one attached hydrogen (secondary N) is 3. The highest BCUT2D eigenvalue weighted by atomic mass is 19.1. The Morgan fingerprint density at radius 2 is 1.88 bits per heavy atom. The van der Waals surface area contributed by atoms with E-state index in [1.54, 1.807) is 0 Å². The zero-order valence-corrected chi connectivity index (χ0v) is 17.8. The molecule has 2 amide bonds. The van der Waals surface area contributed by atoms with Crippen LogP contribution < -0.4 is 16.0 Å². The SMILES string of the molecule is CNCCNc1ccc2c(n1)CN(C(=O)Nc1nc(-c3ccc(F)cc3)ccc1[N+](=O)[O-])C2. The number of hydrogen-bond donors (Lipinski definition) is 3. The molecule has 0 bridgehead atoms. The van der Waals surface area contributed by atoms with Crippen molar-refractivity contribution in [2.24, 2.45) is 0 Å². The second kappa shape index (κ2) is 9.57. The molecule has 0 saturated heterocycles. The first kappa shape index (κ1) is 22.1. The molecule has 0 unspecified atom stereocenters. The van der Waals surface area contributed by atoms with Crippen molar-refractivity contribution < 1.29 is 14.1 Å². The van der Waals surface area contributed by atoms with E-state index in [2.05, 4.69) is 25.9 Å². The summed E-state index contributed by atoms with van der Waals surface area (Å²) in [6.07, 6.45) is 0. The minimum Gasteiger partial charge on any atom is -0.369 e. The number of anilines is 2. The summed E-state index contributed by atoms with van der Waals surface area (Å²) in [6, 6.07) is 11.5. The highest BCUT2D eigenvalue weighted by molar-refractivity contribution is 5.91. The Morgan fingerprint density at radius 3 is 2.61 bits per heavy atom. The van der Waals surface area contributed by atoms with Gasteiger partial charge < -0.3 is 15.5 Å². The highest BCUT2D eigenvalue weighted by Crippen LogP contribution is 2.29. The number of benzene rings is 1. The van der Waals surface area contributed by atoms with Gasteiger partial charge in [-0.15, -0.1) is 0 Å². The van der Waals surface area contributed by atoms with Gasteiger partial charge in [0.2, 0.25) is 5.82 Å². The largest absolute Gasteiger partial charge is 0.369 e. The van der Waals surface area contributed by atoms with Gasteiger partial charge in [-0.3, -0.25) is 15.4 Å². The first-order valence-corrected chi connectivity index (χ1v) is 10.3. The normalized spacial score (nSPS) is 12.4. The van der Waals surface area contributed by atoms with Crippen molar-refractivity contribution >= 4 is 23.4 Å². The van der Waals surface area contributed by atoms with Crippen LogP contribution in [0.4, 0.5) is 26.5 Å². The van der Waals surface area contributed by atoms with E-state index in [0.717, 1.165) is 23.6 Å². The average Bonchev–Trinajstić information content (AvgIpc) is 3.23. The molecule has 0 aliphatic carbocycles. The lowest BCUT2D eigenvalue weighted by Gasteiger charge is -2.16. The molecular weight excluding hydrogens is 429 g/mol. The van der Waals surface area contributed by atoms with Gasteiger partial charge in [-0.25, -0.2) is 19.2 Å². The molecule has 1 aliphatic rings. The number of halogens is 1. The summed E-state index contributed by atoms with van der Waals surface area (Å²) >= 11 is 0. The second-order valence-electron chi connectivity index (χ2n) is 7.45. The summed E-state index contributed by atoms with van der Waals surface area (Å²) in [7, 11) is 1.86. The van der Waals surface area contributed by atoms with Crippen molar-refractivity contribution in [1.82, 2.24) is 20.2 Å². The summed E-state index contributed by atoms with van der Waals surface area (Å²) in [5, 5.41) is 20.3. The summed E-state index contributed by atoms with van der Waals surface area (Å²) in [4.78, 5) is 34.1. The molecular formula is C22H22FN7O3. The highest BCUT2D eigenvalue weighted by Gasteiger charge is 2.27. The fraction of sp³-hybridized carbons (Fsp3) is 0.227. The molecule has 3 heterocycles. The van der Waals surface area contributed by atoms with Gasteiger partial charge in [-0.05, 0) is 49.0 Å². The maximum Gasteiger partial charge on any atom is 0.323 e. The van der Waals surface area contributed by atoms with Crippen LogP contribution in [-0.4, -0.2) is 46.0 Å². The number of amides is 2. The Bertz CT molecular complexity index is 1190. The van der Waals surface area contributed by atoms with Crippen LogP contribution in [0.2, 0.25) is 0 Å². The van der Waals surface area contributed by atoms with Gasteiger partial charge >= 0.3 is 11.7 Å². The van der Waals surface area contributed by atoms with Crippen LogP contribution in [0.1, 0.15) is 11.3 Å². The van der Waals surface area contributed by atoms with Gasteiger partial charge in [0.1, 0.15) is 11.6 Å². The lowest BCUT2D eigenvalue weighted by Crippen LogP contribution is -2.31. The maximum absolute atomic E-state index is 13.2. The summed E-state index contributed by atoms with van der Waals surface area (Å²) in [5.74, 6) is 0.137. The van der Waals surface area contributed by atoms with Gasteiger partial charge in [0.25, 0.3) is 0 Å². The van der Waals surface area contributed by atoms with Crippen LogP contribution in [0.15, 0.2) is 48.5 Å². The summed E-state index contributed by atoms with van der Waals surface area (Å²) in [5.41, 5.74) is 2.28. The first-order chi connectivity index (χ1) is 15.9.